The third-order valence-electron chi connectivity index (χ3n) is 7.37. The molecule has 0 fully saturated rings. The Kier molecular flexibility index (Phi) is 8.16. The van der Waals surface area contributed by atoms with E-state index in [-0.39, 0.29) is 11.3 Å². The summed E-state index contributed by atoms with van der Waals surface area (Å²) in [4.78, 5) is 36.5. The summed E-state index contributed by atoms with van der Waals surface area (Å²) in [5, 5.41) is 12.9. The van der Waals surface area contributed by atoms with Crippen LogP contribution >= 0.6 is 11.6 Å². The van der Waals surface area contributed by atoms with Crippen molar-refractivity contribution in [3.8, 4) is 17.3 Å². The lowest BCUT2D eigenvalue weighted by Crippen LogP contribution is -2.33. The molecule has 2 aromatic heterocycles. The number of aryl methyl sites for hydroxylation is 1. The Balaban J connectivity index is 1.34. The number of nitrogens with one attached hydrogen (secondary N) is 2. The van der Waals surface area contributed by atoms with Gasteiger partial charge in [0, 0.05) is 34.2 Å². The van der Waals surface area contributed by atoms with Crippen LogP contribution in [0.2, 0.25) is 5.02 Å². The third kappa shape index (κ3) is 6.07. The predicted molar refractivity (Wildman–Crippen MR) is 174 cm³/mol. The van der Waals surface area contributed by atoms with E-state index in [1.54, 1.807) is 36.4 Å². The molecule has 0 amide bonds. The third-order valence-corrected chi connectivity index (χ3v) is 7.62. The zero-order valence-corrected chi connectivity index (χ0v) is 24.6. The molecule has 220 valence electrons. The number of aromatic hydroxyl groups is 1. The van der Waals surface area contributed by atoms with E-state index in [0.717, 1.165) is 37.9 Å². The minimum absolute atomic E-state index is 0.108. The van der Waals surface area contributed by atoms with Crippen molar-refractivity contribution >= 4 is 28.2 Å². The zero-order valence-electron chi connectivity index (χ0n) is 23.9. The highest BCUT2D eigenvalue weighted by Gasteiger charge is 2.22. The van der Waals surface area contributed by atoms with E-state index >= 15 is 0 Å². The minimum Gasteiger partial charge on any atom is -0.493 e. The number of fused-ring (bicyclic) bond motifs is 1. The van der Waals surface area contributed by atoms with Crippen molar-refractivity contribution in [3.05, 3.63) is 157 Å². The highest BCUT2D eigenvalue weighted by atomic mass is 35.5. The van der Waals surface area contributed by atoms with Gasteiger partial charge in [0.25, 0.3) is 5.56 Å². The van der Waals surface area contributed by atoms with E-state index in [9.17, 15) is 14.7 Å². The molecule has 6 rings (SSSR count). The average molecular weight is 605 g/mol. The largest absolute Gasteiger partial charge is 0.493 e. The Morgan fingerprint density at radius 1 is 0.955 bits per heavy atom. The molecule has 0 aliphatic carbocycles. The second kappa shape index (κ2) is 12.5. The molecule has 0 spiro atoms. The molecule has 0 aliphatic heterocycles. The Hall–Kier alpha value is -5.34. The number of nitrogens with zero attached hydrogens (tertiary/aromatic N) is 2. The van der Waals surface area contributed by atoms with Gasteiger partial charge in [-0.05, 0) is 66.9 Å². The van der Waals surface area contributed by atoms with Crippen LogP contribution in [0.3, 0.4) is 0 Å². The molecule has 0 atom stereocenters. The van der Waals surface area contributed by atoms with Crippen molar-refractivity contribution in [2.45, 2.75) is 20.0 Å². The van der Waals surface area contributed by atoms with Gasteiger partial charge in [0.1, 0.15) is 17.9 Å². The standard InChI is InChI=1S/C35H29ClN4O4/c1-22-7-13-27(14-8-22)40-34(42)31(33(41)39-35(40)43)32(24-9-11-26(36)12-10-24)37-18-17-25-20-38-30-16-15-28(19-29(25)30)44-21-23-5-3-2-4-6-23/h2-16,19-20,38,42H,17-18,21H2,1H3,(H,39,41,43). The Labute approximate surface area is 257 Å². The summed E-state index contributed by atoms with van der Waals surface area (Å²) in [7, 11) is 0. The summed E-state index contributed by atoms with van der Waals surface area (Å²) in [6.07, 6.45) is 2.47. The normalized spacial score (nSPS) is 11.6. The van der Waals surface area contributed by atoms with Gasteiger partial charge >= 0.3 is 5.69 Å². The van der Waals surface area contributed by atoms with Crippen LogP contribution in [0.5, 0.6) is 11.6 Å². The number of H-pyrrole nitrogens is 2. The van der Waals surface area contributed by atoms with E-state index in [2.05, 4.69) is 9.97 Å². The number of aromatic amines is 2. The molecular formula is C35H29ClN4O4. The van der Waals surface area contributed by atoms with Crippen LogP contribution in [0.4, 0.5) is 0 Å². The first-order valence-electron chi connectivity index (χ1n) is 14.1. The first-order valence-corrected chi connectivity index (χ1v) is 14.5. The average Bonchev–Trinajstić information content (AvgIpc) is 3.43. The number of benzene rings is 4. The van der Waals surface area contributed by atoms with Crippen molar-refractivity contribution in [3.63, 3.8) is 0 Å². The first-order chi connectivity index (χ1) is 21.4. The second-order valence-corrected chi connectivity index (χ2v) is 10.8. The van der Waals surface area contributed by atoms with Gasteiger partial charge in [-0.3, -0.25) is 14.8 Å². The summed E-state index contributed by atoms with van der Waals surface area (Å²) in [5.74, 6) is 0.256. The Bertz CT molecular complexity index is 2080. The molecule has 0 aliphatic rings. The lowest BCUT2D eigenvalue weighted by Gasteiger charge is -2.14. The quantitative estimate of drug-likeness (QED) is 0.167. The summed E-state index contributed by atoms with van der Waals surface area (Å²) >= 11 is 6.14. The van der Waals surface area contributed by atoms with Crippen LogP contribution in [0, 0.1) is 6.92 Å². The number of rotatable bonds is 9. The van der Waals surface area contributed by atoms with Gasteiger partial charge in [-0.2, -0.15) is 0 Å². The SMILES string of the molecule is Cc1ccc(-n2c(O)c(C(=NCCc3c[nH]c4ccc(OCc5ccccc5)cc34)c3ccc(Cl)cc3)c(=O)[nH]c2=O)cc1. The fourth-order valence-electron chi connectivity index (χ4n) is 5.08. The van der Waals surface area contributed by atoms with Crippen LogP contribution in [-0.4, -0.2) is 31.9 Å². The molecule has 2 heterocycles. The van der Waals surface area contributed by atoms with Crippen molar-refractivity contribution in [1.82, 2.24) is 14.5 Å². The molecule has 6 aromatic rings. The van der Waals surface area contributed by atoms with Crippen LogP contribution in [0.15, 0.2) is 118 Å². The number of aromatic nitrogens is 3. The lowest BCUT2D eigenvalue weighted by molar-refractivity contribution is 0.306. The monoisotopic (exact) mass is 604 g/mol. The maximum Gasteiger partial charge on any atom is 0.335 e. The molecule has 0 saturated carbocycles. The summed E-state index contributed by atoms with van der Waals surface area (Å²) in [6.45, 7) is 2.68. The van der Waals surface area contributed by atoms with Crippen molar-refractivity contribution < 1.29 is 9.84 Å². The van der Waals surface area contributed by atoms with Crippen molar-refractivity contribution in [2.24, 2.45) is 4.99 Å². The van der Waals surface area contributed by atoms with Crippen molar-refractivity contribution in [1.29, 1.82) is 0 Å². The number of ether oxygens (including phenoxy) is 1. The first kappa shape index (κ1) is 28.8. The van der Waals surface area contributed by atoms with Gasteiger partial charge in [0.05, 0.1) is 11.4 Å². The van der Waals surface area contributed by atoms with E-state index in [0.29, 0.717) is 35.8 Å². The molecule has 8 nitrogen and oxygen atoms in total. The summed E-state index contributed by atoms with van der Waals surface area (Å²) in [6, 6.07) is 29.7. The fourth-order valence-corrected chi connectivity index (χ4v) is 5.20. The van der Waals surface area contributed by atoms with Gasteiger partial charge in [0.2, 0.25) is 5.88 Å². The number of hydrogen-bond donors (Lipinski definition) is 3. The molecular weight excluding hydrogens is 576 g/mol. The Morgan fingerprint density at radius 2 is 1.70 bits per heavy atom. The van der Waals surface area contributed by atoms with Gasteiger partial charge in [0.15, 0.2) is 0 Å². The smallest absolute Gasteiger partial charge is 0.335 e. The van der Waals surface area contributed by atoms with Crippen molar-refractivity contribution in [2.75, 3.05) is 6.54 Å². The van der Waals surface area contributed by atoms with E-state index < -0.39 is 17.1 Å². The number of hydrogen-bond acceptors (Lipinski definition) is 5. The summed E-state index contributed by atoms with van der Waals surface area (Å²) in [5.41, 5.74) is 3.68. The molecule has 4 aromatic carbocycles. The number of halogens is 1. The van der Waals surface area contributed by atoms with Gasteiger partial charge in [-0.25, -0.2) is 9.36 Å². The molecule has 0 saturated heterocycles. The van der Waals surface area contributed by atoms with E-state index in [1.807, 2.05) is 73.8 Å². The highest BCUT2D eigenvalue weighted by molar-refractivity contribution is 6.30. The summed E-state index contributed by atoms with van der Waals surface area (Å²) < 4.78 is 7.10. The van der Waals surface area contributed by atoms with Crippen LogP contribution in [0.25, 0.3) is 16.6 Å². The van der Waals surface area contributed by atoms with Gasteiger partial charge < -0.3 is 14.8 Å². The molecule has 44 heavy (non-hydrogen) atoms. The van der Waals surface area contributed by atoms with E-state index in [4.69, 9.17) is 21.3 Å². The number of aliphatic imine (C=N–C) groups is 1. The molecule has 9 heteroatoms. The minimum atomic E-state index is -0.750. The van der Waals surface area contributed by atoms with E-state index in [1.165, 1.54) is 0 Å². The van der Waals surface area contributed by atoms with Gasteiger partial charge in [-0.1, -0.05) is 71.8 Å². The maximum atomic E-state index is 13.2. The zero-order chi connectivity index (χ0) is 30.6. The highest BCUT2D eigenvalue weighted by Crippen LogP contribution is 2.26. The Morgan fingerprint density at radius 3 is 2.45 bits per heavy atom. The predicted octanol–water partition coefficient (Wildman–Crippen LogP) is 6.33. The lowest BCUT2D eigenvalue weighted by atomic mass is 10.0. The topological polar surface area (TPSA) is 112 Å². The van der Waals surface area contributed by atoms with Crippen LogP contribution in [-0.2, 0) is 13.0 Å². The molecule has 0 unspecified atom stereocenters. The molecule has 0 bridgehead atoms. The van der Waals surface area contributed by atoms with Gasteiger partial charge in [-0.15, -0.1) is 0 Å². The molecule has 3 N–H and O–H groups in total. The van der Waals surface area contributed by atoms with Crippen LogP contribution < -0.4 is 16.0 Å². The maximum absolute atomic E-state index is 13.2. The van der Waals surface area contributed by atoms with Crippen LogP contribution in [0.1, 0.15) is 27.8 Å². The fraction of sp³-hybridized carbons (Fsp3) is 0.114. The second-order valence-electron chi connectivity index (χ2n) is 10.4. The molecule has 0 radical (unpaired) electrons.